The fourth-order valence-corrected chi connectivity index (χ4v) is 3.41. The zero-order valence-corrected chi connectivity index (χ0v) is 19.4. The third-order valence-corrected chi connectivity index (χ3v) is 5.70. The number of hydrogen-bond donors (Lipinski definition) is 1. The van der Waals surface area contributed by atoms with Gasteiger partial charge in [0, 0.05) is 19.1 Å². The van der Waals surface area contributed by atoms with Gasteiger partial charge in [-0.05, 0) is 62.7 Å². The minimum absolute atomic E-state index is 0.0854. The molecule has 0 rings (SSSR count). The summed E-state index contributed by atoms with van der Waals surface area (Å²) in [6.07, 6.45) is 4.11. The Morgan fingerprint density at radius 2 is 1.42 bits per heavy atom. The largest absolute Gasteiger partial charge is 0.375 e. The molecule has 3 nitrogen and oxygen atoms in total. The van der Waals surface area contributed by atoms with Crippen LogP contribution >= 0.6 is 0 Å². The molecule has 1 amide bonds. The van der Waals surface area contributed by atoms with Gasteiger partial charge in [0.2, 0.25) is 5.91 Å². The van der Waals surface area contributed by atoms with Gasteiger partial charge in [-0.25, -0.2) is 0 Å². The first-order valence-electron chi connectivity index (χ1n) is 10.7. The van der Waals surface area contributed by atoms with Gasteiger partial charge in [-0.1, -0.05) is 55.4 Å². The highest BCUT2D eigenvalue weighted by Crippen LogP contribution is 2.35. The number of amides is 1. The molecule has 0 aliphatic rings. The Kier molecular flexibility index (Phi) is 11.1. The normalized spacial score (nSPS) is 15.4. The molecule has 2 unspecified atom stereocenters. The van der Waals surface area contributed by atoms with Crippen molar-refractivity contribution in [3.63, 3.8) is 0 Å². The van der Waals surface area contributed by atoms with E-state index in [1.54, 1.807) is 0 Å². The van der Waals surface area contributed by atoms with Crippen LogP contribution in [-0.2, 0) is 9.53 Å². The monoisotopic (exact) mass is 369 g/mol. The zero-order chi connectivity index (χ0) is 20.5. The van der Waals surface area contributed by atoms with Crippen molar-refractivity contribution in [2.75, 3.05) is 13.2 Å². The molecule has 0 radical (unpaired) electrons. The van der Waals surface area contributed by atoms with Crippen LogP contribution in [0.3, 0.4) is 0 Å². The average molecular weight is 370 g/mol. The summed E-state index contributed by atoms with van der Waals surface area (Å²) in [5.74, 6) is 2.23. The van der Waals surface area contributed by atoms with Crippen LogP contribution in [0.5, 0.6) is 0 Å². The molecule has 0 heterocycles. The van der Waals surface area contributed by atoms with Gasteiger partial charge in [-0.15, -0.1) is 0 Å². The number of hydrogen-bond acceptors (Lipinski definition) is 2. The van der Waals surface area contributed by atoms with Gasteiger partial charge in [-0.2, -0.15) is 0 Å². The maximum atomic E-state index is 12.1. The van der Waals surface area contributed by atoms with E-state index < -0.39 is 0 Å². The van der Waals surface area contributed by atoms with E-state index in [1.165, 1.54) is 6.42 Å². The van der Waals surface area contributed by atoms with Crippen molar-refractivity contribution in [3.8, 4) is 0 Å². The molecule has 0 aliphatic heterocycles. The van der Waals surface area contributed by atoms with Crippen molar-refractivity contribution in [1.82, 2.24) is 5.32 Å². The molecule has 0 spiro atoms. The standard InChI is InChI=1S/C23H47NO2/c1-17(2)15-19(5)21(25)24-13-11-23(9,10)26-14-12-22(7,8)20(6)16-18(3)4/h17-20H,11-16H2,1-10H3,(H,24,25). The highest BCUT2D eigenvalue weighted by molar-refractivity contribution is 5.78. The molecule has 2 atom stereocenters. The van der Waals surface area contributed by atoms with Crippen LogP contribution in [-0.4, -0.2) is 24.7 Å². The lowest BCUT2D eigenvalue weighted by Crippen LogP contribution is -2.36. The van der Waals surface area contributed by atoms with Crippen LogP contribution in [0.1, 0.15) is 94.9 Å². The quantitative estimate of drug-likeness (QED) is 0.428. The fourth-order valence-electron chi connectivity index (χ4n) is 3.41. The molecular formula is C23H47NO2. The molecule has 0 fully saturated rings. The minimum atomic E-state index is -0.202. The smallest absolute Gasteiger partial charge is 0.222 e. The van der Waals surface area contributed by atoms with Gasteiger partial charge < -0.3 is 10.1 Å². The van der Waals surface area contributed by atoms with Crippen molar-refractivity contribution < 1.29 is 9.53 Å². The fraction of sp³-hybridized carbons (Fsp3) is 0.957. The molecule has 0 bridgehead atoms. The summed E-state index contributed by atoms with van der Waals surface area (Å²) in [6.45, 7) is 23.7. The Balaban J connectivity index is 4.20. The van der Waals surface area contributed by atoms with Crippen LogP contribution in [0.4, 0.5) is 0 Å². The molecule has 3 heteroatoms. The third kappa shape index (κ3) is 11.2. The van der Waals surface area contributed by atoms with E-state index in [0.29, 0.717) is 23.8 Å². The Labute approximate surface area is 164 Å². The summed E-state index contributed by atoms with van der Waals surface area (Å²) in [7, 11) is 0. The summed E-state index contributed by atoms with van der Waals surface area (Å²) < 4.78 is 6.18. The number of carbonyl (C=O) groups is 1. The zero-order valence-electron chi connectivity index (χ0n) is 19.4. The van der Waals surface area contributed by atoms with Crippen molar-refractivity contribution in [1.29, 1.82) is 0 Å². The predicted molar refractivity (Wildman–Crippen MR) is 113 cm³/mol. The van der Waals surface area contributed by atoms with E-state index in [-0.39, 0.29) is 17.4 Å². The lowest BCUT2D eigenvalue weighted by Gasteiger charge is -2.35. The van der Waals surface area contributed by atoms with E-state index in [2.05, 4.69) is 67.6 Å². The van der Waals surface area contributed by atoms with Crippen molar-refractivity contribution in [2.45, 2.75) is 101 Å². The van der Waals surface area contributed by atoms with Crippen molar-refractivity contribution in [2.24, 2.45) is 29.1 Å². The third-order valence-electron chi connectivity index (χ3n) is 5.70. The van der Waals surface area contributed by atoms with Crippen molar-refractivity contribution in [3.05, 3.63) is 0 Å². The first kappa shape index (κ1) is 25.4. The summed E-state index contributed by atoms with van der Waals surface area (Å²) >= 11 is 0. The molecule has 0 aliphatic carbocycles. The second-order valence-electron chi connectivity index (χ2n) is 10.4. The number of nitrogens with one attached hydrogen (secondary N) is 1. The van der Waals surface area contributed by atoms with Gasteiger partial charge in [0.05, 0.1) is 5.60 Å². The molecular weight excluding hydrogens is 322 g/mol. The highest BCUT2D eigenvalue weighted by Gasteiger charge is 2.27. The minimum Gasteiger partial charge on any atom is -0.375 e. The summed E-state index contributed by atoms with van der Waals surface area (Å²) in [4.78, 5) is 12.1. The molecule has 1 N–H and O–H groups in total. The maximum absolute atomic E-state index is 12.1. The van der Waals surface area contributed by atoms with E-state index in [9.17, 15) is 4.79 Å². The van der Waals surface area contributed by atoms with Gasteiger partial charge in [-0.3, -0.25) is 4.79 Å². The molecule has 0 aromatic rings. The maximum Gasteiger partial charge on any atom is 0.222 e. The SMILES string of the molecule is CC(C)CC(C)C(=O)NCCC(C)(C)OCCC(C)(C)C(C)CC(C)C. The average Bonchev–Trinajstić information content (AvgIpc) is 2.44. The Hall–Kier alpha value is -0.570. The number of ether oxygens (including phenoxy) is 1. The van der Waals surface area contributed by atoms with Crippen LogP contribution in [0.25, 0.3) is 0 Å². The summed E-state index contributed by atoms with van der Waals surface area (Å²) in [5.41, 5.74) is 0.0901. The topological polar surface area (TPSA) is 38.3 Å². The van der Waals surface area contributed by atoms with Crippen LogP contribution in [0, 0.1) is 29.1 Å². The Morgan fingerprint density at radius 3 is 1.92 bits per heavy atom. The first-order chi connectivity index (χ1) is 11.8. The second-order valence-corrected chi connectivity index (χ2v) is 10.4. The summed E-state index contributed by atoms with van der Waals surface area (Å²) in [5, 5.41) is 3.07. The van der Waals surface area contributed by atoms with Gasteiger partial charge in [0.15, 0.2) is 0 Å². The lowest BCUT2D eigenvalue weighted by atomic mass is 9.74. The van der Waals surface area contributed by atoms with Gasteiger partial charge in [0.25, 0.3) is 0 Å². The van der Waals surface area contributed by atoms with Crippen LogP contribution in [0.2, 0.25) is 0 Å². The second kappa shape index (κ2) is 11.3. The number of rotatable bonds is 13. The van der Waals surface area contributed by atoms with Crippen LogP contribution in [0.15, 0.2) is 0 Å². The van der Waals surface area contributed by atoms with Gasteiger partial charge in [0.1, 0.15) is 0 Å². The van der Waals surface area contributed by atoms with Crippen molar-refractivity contribution >= 4 is 5.91 Å². The highest BCUT2D eigenvalue weighted by atomic mass is 16.5. The van der Waals surface area contributed by atoms with E-state index in [0.717, 1.165) is 31.8 Å². The van der Waals surface area contributed by atoms with Gasteiger partial charge >= 0.3 is 0 Å². The van der Waals surface area contributed by atoms with Crippen LogP contribution < -0.4 is 5.32 Å². The van der Waals surface area contributed by atoms with E-state index in [4.69, 9.17) is 4.74 Å². The Bertz CT molecular complexity index is 399. The summed E-state index contributed by atoms with van der Waals surface area (Å²) in [6, 6.07) is 0. The molecule has 0 aromatic carbocycles. The molecule has 0 aromatic heterocycles. The molecule has 0 saturated carbocycles. The molecule has 0 saturated heterocycles. The van der Waals surface area contributed by atoms with E-state index >= 15 is 0 Å². The molecule has 26 heavy (non-hydrogen) atoms. The number of carbonyl (C=O) groups excluding carboxylic acids is 1. The Morgan fingerprint density at radius 1 is 0.885 bits per heavy atom. The van der Waals surface area contributed by atoms with E-state index in [1.807, 2.05) is 6.92 Å². The lowest BCUT2D eigenvalue weighted by molar-refractivity contribution is -0.125. The first-order valence-corrected chi connectivity index (χ1v) is 10.7. The molecule has 156 valence electrons. The predicted octanol–water partition coefficient (Wildman–Crippen LogP) is 6.07.